The number of rotatable bonds is 5. The predicted octanol–water partition coefficient (Wildman–Crippen LogP) is 5.13. The van der Waals surface area contributed by atoms with Gasteiger partial charge in [0.2, 0.25) is 0 Å². The fourth-order valence-corrected chi connectivity index (χ4v) is 7.58. The zero-order valence-corrected chi connectivity index (χ0v) is 29.3. The van der Waals surface area contributed by atoms with Gasteiger partial charge in [0.1, 0.15) is 22.6 Å². The summed E-state index contributed by atoms with van der Waals surface area (Å²) in [6, 6.07) is 11.2. The van der Waals surface area contributed by atoms with E-state index in [0.29, 0.717) is 27.6 Å². The third-order valence-corrected chi connectivity index (χ3v) is 11.0. The van der Waals surface area contributed by atoms with Crippen LogP contribution in [-0.4, -0.2) is 78.8 Å². The number of hydrogen-bond acceptors (Lipinski definition) is 12. The van der Waals surface area contributed by atoms with Crippen LogP contribution in [0.15, 0.2) is 81.9 Å². The lowest BCUT2D eigenvalue weighted by Crippen LogP contribution is -1.98. The van der Waals surface area contributed by atoms with Crippen LogP contribution in [0.4, 0.5) is 0 Å². The molecule has 0 unspecified atom stereocenters. The van der Waals surface area contributed by atoms with Gasteiger partial charge in [-0.15, -0.1) is 0 Å². The van der Waals surface area contributed by atoms with Gasteiger partial charge in [-0.3, -0.25) is 13.7 Å². The number of aromatic nitrogens is 8. The van der Waals surface area contributed by atoms with E-state index in [0.717, 1.165) is 18.2 Å². The molecule has 0 amide bonds. The number of aromatic amines is 2. The Balaban J connectivity index is 1.59. The Hall–Kier alpha value is -6.03. The first kappa shape index (κ1) is 34.1. The average Bonchev–Trinajstić information content (AvgIpc) is 3.81. The summed E-state index contributed by atoms with van der Waals surface area (Å²) < 4.78 is 103. The van der Waals surface area contributed by atoms with Gasteiger partial charge >= 0.3 is 0 Å². The minimum absolute atomic E-state index is 0.00431. The molecule has 2 aliphatic rings. The molecule has 0 fully saturated rings. The van der Waals surface area contributed by atoms with Crippen molar-refractivity contribution in [1.82, 2.24) is 39.9 Å². The lowest BCUT2D eigenvalue weighted by Gasteiger charge is -2.02. The molecular formula is C33H22N8O9S3. The van der Waals surface area contributed by atoms with Crippen molar-refractivity contribution in [2.75, 3.05) is 0 Å². The van der Waals surface area contributed by atoms with Crippen molar-refractivity contribution in [3.63, 3.8) is 0 Å². The van der Waals surface area contributed by atoms with Crippen LogP contribution >= 0.6 is 0 Å². The highest BCUT2D eigenvalue weighted by Crippen LogP contribution is 2.38. The maximum absolute atomic E-state index is 12.2. The first-order valence-corrected chi connectivity index (χ1v) is 19.5. The van der Waals surface area contributed by atoms with Crippen molar-refractivity contribution in [2.45, 2.75) is 21.6 Å². The lowest BCUT2D eigenvalue weighted by molar-refractivity contribution is 0.481. The van der Waals surface area contributed by atoms with E-state index in [1.807, 2.05) is 0 Å². The summed E-state index contributed by atoms with van der Waals surface area (Å²) in [4.78, 5) is 32.9. The van der Waals surface area contributed by atoms with Gasteiger partial charge < -0.3 is 9.97 Å². The first-order chi connectivity index (χ1) is 25.0. The summed E-state index contributed by atoms with van der Waals surface area (Å²) in [5, 5.41) is 0.459. The number of nitrogens with zero attached hydrogens (tertiary/aromatic N) is 6. The lowest BCUT2D eigenvalue weighted by atomic mass is 10.1. The van der Waals surface area contributed by atoms with Crippen LogP contribution in [0, 0.1) is 0 Å². The maximum Gasteiger partial charge on any atom is 0.294 e. The van der Waals surface area contributed by atoms with Crippen LogP contribution in [-0.2, 0) is 30.4 Å². The van der Waals surface area contributed by atoms with E-state index < -0.39 is 45.0 Å². The molecule has 8 rings (SSSR count). The summed E-state index contributed by atoms with van der Waals surface area (Å²) in [5.41, 5.74) is 2.54. The molecule has 5 heterocycles. The Morgan fingerprint density at radius 1 is 0.528 bits per heavy atom. The fourth-order valence-electron chi connectivity index (χ4n) is 6.06. The topological polar surface area (TPSA) is 272 Å². The molecule has 53 heavy (non-hydrogen) atoms. The standard InChI is InChI=1S/C33H22N8O9S3/c1-3-5-19-18(4-2)26-34-27(19)36-31-24-13-16(52(45,46)47)7-10-21(24)29(38-31)40-33-25-14-17(53(48,49)50)8-11-22(25)30(41-33)39-32-23-12-15(51(42,43)44)6-9-20(23)28(35-26)37-32/h3-14H,2H2,1H3,(H,42,43,44)(H,45,46,47)(H,48,49,50)(H2,34,35,36,37,38,39,40,41)/b5-3-. The van der Waals surface area contributed by atoms with Crippen molar-refractivity contribution in [1.29, 1.82) is 0 Å². The number of fused-ring (bicyclic) bond motifs is 17. The normalized spacial score (nSPS) is 13.0. The quantitative estimate of drug-likeness (QED) is 0.142. The van der Waals surface area contributed by atoms with Crippen LogP contribution in [0.2, 0.25) is 0 Å². The van der Waals surface area contributed by atoms with E-state index in [2.05, 4.69) is 36.5 Å². The molecule has 0 spiro atoms. The van der Waals surface area contributed by atoms with Crippen molar-refractivity contribution in [2.24, 2.45) is 0 Å². The van der Waals surface area contributed by atoms with Crippen molar-refractivity contribution < 1.29 is 38.9 Å². The molecular weight excluding hydrogens is 749 g/mol. The van der Waals surface area contributed by atoms with E-state index in [1.165, 1.54) is 42.5 Å². The number of benzene rings is 3. The molecule has 0 atom stereocenters. The second-order valence-electron chi connectivity index (χ2n) is 11.7. The Labute approximate surface area is 299 Å². The molecule has 6 aromatic rings. The van der Waals surface area contributed by atoms with Crippen LogP contribution in [0.5, 0.6) is 0 Å². The minimum Gasteiger partial charge on any atom is -0.324 e. The van der Waals surface area contributed by atoms with Gasteiger partial charge in [-0.25, -0.2) is 29.9 Å². The van der Waals surface area contributed by atoms with E-state index in [-0.39, 0.29) is 62.4 Å². The highest BCUT2D eigenvalue weighted by atomic mass is 32.2. The largest absolute Gasteiger partial charge is 0.324 e. The maximum atomic E-state index is 12.2. The third-order valence-electron chi connectivity index (χ3n) is 8.45. The number of nitrogens with one attached hydrogen (secondary N) is 2. The molecule has 266 valence electrons. The number of allylic oxidation sites excluding steroid dienone is 1. The van der Waals surface area contributed by atoms with Gasteiger partial charge in [-0.2, -0.15) is 25.3 Å². The van der Waals surface area contributed by atoms with E-state index in [1.54, 1.807) is 19.1 Å². The molecule has 20 heteroatoms. The first-order valence-electron chi connectivity index (χ1n) is 15.2. The summed E-state index contributed by atoms with van der Waals surface area (Å²) in [6.07, 6.45) is 5.01. The van der Waals surface area contributed by atoms with Crippen LogP contribution in [0.25, 0.3) is 91.1 Å². The Kier molecular flexibility index (Phi) is 7.55. The number of H-pyrrole nitrogens is 2. The Morgan fingerprint density at radius 3 is 1.43 bits per heavy atom. The van der Waals surface area contributed by atoms with Gasteiger partial charge in [0.25, 0.3) is 30.4 Å². The second-order valence-corrected chi connectivity index (χ2v) is 16.0. The molecule has 0 saturated carbocycles. The number of hydrogen-bond donors (Lipinski definition) is 5. The molecule has 17 nitrogen and oxygen atoms in total. The molecule has 0 aliphatic carbocycles. The molecule has 5 N–H and O–H groups in total. The van der Waals surface area contributed by atoms with Crippen LogP contribution in [0.3, 0.4) is 0 Å². The van der Waals surface area contributed by atoms with Crippen LogP contribution < -0.4 is 0 Å². The van der Waals surface area contributed by atoms with Gasteiger partial charge in [-0.05, 0) is 61.5 Å². The van der Waals surface area contributed by atoms with Gasteiger partial charge in [0, 0.05) is 44.2 Å². The Bertz CT molecular complexity index is 3190. The molecule has 0 saturated heterocycles. The summed E-state index contributed by atoms with van der Waals surface area (Å²) >= 11 is 0. The Morgan fingerprint density at radius 2 is 0.943 bits per heavy atom. The van der Waals surface area contributed by atoms with E-state index in [9.17, 15) is 38.9 Å². The fraction of sp³-hybridized carbons (Fsp3) is 0.0303. The third kappa shape index (κ3) is 5.78. The minimum atomic E-state index is -4.68. The van der Waals surface area contributed by atoms with Gasteiger partial charge in [0.05, 0.1) is 14.7 Å². The molecule has 8 bridgehead atoms. The average molecular weight is 771 g/mol. The molecule has 3 aromatic carbocycles. The summed E-state index contributed by atoms with van der Waals surface area (Å²) in [6.45, 7) is 5.71. The summed E-state index contributed by atoms with van der Waals surface area (Å²) in [5.74, 6) is 0.0423. The highest BCUT2D eigenvalue weighted by Gasteiger charge is 2.26. The zero-order valence-electron chi connectivity index (χ0n) is 26.8. The second kappa shape index (κ2) is 11.7. The monoisotopic (exact) mass is 770 g/mol. The summed E-state index contributed by atoms with van der Waals surface area (Å²) in [7, 11) is -14.0. The molecule has 0 radical (unpaired) electrons. The van der Waals surface area contributed by atoms with E-state index >= 15 is 0 Å². The molecule has 3 aromatic heterocycles. The zero-order chi connectivity index (χ0) is 37.6. The highest BCUT2D eigenvalue weighted by molar-refractivity contribution is 7.86. The van der Waals surface area contributed by atoms with Crippen LogP contribution in [0.1, 0.15) is 18.1 Å². The predicted molar refractivity (Wildman–Crippen MR) is 193 cm³/mol. The van der Waals surface area contributed by atoms with Crippen molar-refractivity contribution >= 4 is 75.9 Å². The molecule has 2 aliphatic heterocycles. The van der Waals surface area contributed by atoms with Crippen molar-refractivity contribution in [3.8, 4) is 45.6 Å². The van der Waals surface area contributed by atoms with E-state index in [4.69, 9.17) is 9.97 Å². The van der Waals surface area contributed by atoms with Crippen molar-refractivity contribution in [3.05, 3.63) is 78.4 Å². The van der Waals surface area contributed by atoms with Gasteiger partial charge in [0.15, 0.2) is 23.3 Å². The SMILES string of the molecule is C=Cc1c(/C=C\C)c2nc3nc(nc4[nH]c(nc5nc(nc1[nH]2)-c1ccc(S(=O)(=O)O)cc1-5)c1ccc(S(=O)(=O)O)cc41)-c1ccc(S(=O)(=O)O)cc1-3. The van der Waals surface area contributed by atoms with Gasteiger partial charge in [-0.1, -0.05) is 24.8 Å². The smallest absolute Gasteiger partial charge is 0.294 e.